The fraction of sp³-hybridized carbons (Fsp3) is 0.167. The number of rotatable bonds is 2. The van der Waals surface area contributed by atoms with Crippen LogP contribution in [-0.4, -0.2) is 12.0 Å². The van der Waals surface area contributed by atoms with Gasteiger partial charge < -0.3 is 14.6 Å². The summed E-state index contributed by atoms with van der Waals surface area (Å²) >= 11 is 0. The van der Waals surface area contributed by atoms with Gasteiger partial charge in [0.05, 0.1) is 6.04 Å². The first-order valence-electron chi connectivity index (χ1n) is 16.5. The zero-order valence-electron chi connectivity index (χ0n) is 26.3. The molecule has 3 heterocycles. The van der Waals surface area contributed by atoms with E-state index in [9.17, 15) is 0 Å². The molecular weight excluding hydrogens is 576 g/mol. The molecule has 0 saturated carbocycles. The number of anilines is 1. The van der Waals surface area contributed by atoms with E-state index >= 15 is 0 Å². The van der Waals surface area contributed by atoms with Gasteiger partial charge in [0, 0.05) is 33.4 Å². The molecule has 10 rings (SSSR count). The smallest absolute Gasteiger partial charge is 0.202 e. The van der Waals surface area contributed by atoms with Crippen LogP contribution in [0.4, 0.5) is 5.69 Å². The molecule has 0 saturated heterocycles. The van der Waals surface area contributed by atoms with E-state index < -0.39 is 0 Å². The van der Waals surface area contributed by atoms with Gasteiger partial charge in [0.15, 0.2) is 0 Å². The Bertz CT molecular complexity index is 2330. The summed E-state index contributed by atoms with van der Waals surface area (Å²) in [6.07, 6.45) is 8.55. The largest absolute Gasteiger partial charge is 0.456 e. The van der Waals surface area contributed by atoms with Crippen molar-refractivity contribution >= 4 is 33.6 Å². The topological polar surface area (TPSA) is 52.8 Å². The second-order valence-corrected chi connectivity index (χ2v) is 13.6. The number of aliphatic imine (C=N–C) groups is 1. The zero-order valence-corrected chi connectivity index (χ0v) is 26.3. The lowest BCUT2D eigenvalue weighted by Gasteiger charge is -2.38. The lowest BCUT2D eigenvalue weighted by atomic mass is 9.81. The van der Waals surface area contributed by atoms with E-state index in [1.807, 2.05) is 12.1 Å². The van der Waals surface area contributed by atoms with Crippen LogP contribution in [0.3, 0.4) is 0 Å². The third-order valence-electron chi connectivity index (χ3n) is 10.7. The Morgan fingerprint density at radius 2 is 1.51 bits per heavy atom. The lowest BCUT2D eigenvalue weighted by molar-refractivity contribution is 0.402. The first kappa shape index (κ1) is 26.8. The Morgan fingerprint density at radius 1 is 0.723 bits per heavy atom. The van der Waals surface area contributed by atoms with Crippen molar-refractivity contribution in [2.45, 2.75) is 43.6 Å². The molecule has 4 unspecified atom stereocenters. The third-order valence-corrected chi connectivity index (χ3v) is 10.7. The number of nitrogens with zero attached hydrogens (tertiary/aromatic N) is 2. The molecule has 5 aromatic carbocycles. The number of guanidine groups is 1. The van der Waals surface area contributed by atoms with Crippen molar-refractivity contribution in [3.8, 4) is 11.1 Å². The van der Waals surface area contributed by atoms with E-state index in [2.05, 4.69) is 151 Å². The quantitative estimate of drug-likeness (QED) is 0.205. The summed E-state index contributed by atoms with van der Waals surface area (Å²) in [6.45, 7) is 4.71. The van der Waals surface area contributed by atoms with Crippen molar-refractivity contribution in [1.29, 1.82) is 0 Å². The van der Waals surface area contributed by atoms with Crippen LogP contribution in [0.1, 0.15) is 59.9 Å². The van der Waals surface area contributed by atoms with Gasteiger partial charge in [-0.3, -0.25) is 5.32 Å². The Morgan fingerprint density at radius 3 is 2.43 bits per heavy atom. The summed E-state index contributed by atoms with van der Waals surface area (Å²) in [7, 11) is 0. The minimum absolute atomic E-state index is 0.0958. The second-order valence-electron chi connectivity index (χ2n) is 13.6. The van der Waals surface area contributed by atoms with Crippen LogP contribution < -0.4 is 15.5 Å². The molecule has 0 amide bonds. The van der Waals surface area contributed by atoms with Crippen LogP contribution in [0.5, 0.6) is 0 Å². The number of nitrogens with one attached hydrogen (secondary N) is 2. The van der Waals surface area contributed by atoms with Crippen molar-refractivity contribution in [1.82, 2.24) is 10.6 Å². The van der Waals surface area contributed by atoms with E-state index in [4.69, 9.17) is 9.41 Å². The Balaban J connectivity index is 1.15. The summed E-state index contributed by atoms with van der Waals surface area (Å²) in [6, 6.07) is 39.2. The standard InChI is InChI=1S/C42H34N4O/c1-42(2)33-20-9-6-15-26(33)31-23-32-27-16-7-10-21-35(27)46(36(32)24-34(31)42)41-44-39(25-13-4-3-5-14-25)43-40(45-41)30-19-12-18-29-28-17-8-11-22-37(28)47-38(29)30/h3-24,27,35,39-40,43H,1-2H3,(H,44,45). The molecule has 4 aliphatic rings. The average Bonchev–Trinajstić information content (AvgIpc) is 3.73. The van der Waals surface area contributed by atoms with Gasteiger partial charge >= 0.3 is 0 Å². The van der Waals surface area contributed by atoms with E-state index in [-0.39, 0.29) is 29.7 Å². The molecule has 5 nitrogen and oxygen atoms in total. The number of benzene rings is 5. The SMILES string of the molecule is CC1(C)c2ccccc2-c2cc3c(cc21)N(C1=NC(c2ccccc2)NC(c2cccc4c2oc2ccccc24)N1)C1C=CC=CC31. The number of hydrogen-bond donors (Lipinski definition) is 2. The fourth-order valence-corrected chi connectivity index (χ4v) is 8.40. The maximum atomic E-state index is 6.53. The highest BCUT2D eigenvalue weighted by atomic mass is 16.3. The normalized spacial score (nSPS) is 23.3. The minimum Gasteiger partial charge on any atom is -0.456 e. The van der Waals surface area contributed by atoms with Crippen molar-refractivity contribution in [3.63, 3.8) is 0 Å². The highest BCUT2D eigenvalue weighted by Crippen LogP contribution is 2.54. The Hall–Kier alpha value is -5.39. The van der Waals surface area contributed by atoms with Gasteiger partial charge in [-0.15, -0.1) is 0 Å². The maximum Gasteiger partial charge on any atom is 0.202 e. The average molecular weight is 611 g/mol. The first-order chi connectivity index (χ1) is 23.1. The maximum absolute atomic E-state index is 6.53. The molecule has 6 aromatic rings. The number of fused-ring (bicyclic) bond motifs is 9. The zero-order chi connectivity index (χ0) is 31.3. The van der Waals surface area contributed by atoms with Crippen LogP contribution in [0.25, 0.3) is 33.1 Å². The van der Waals surface area contributed by atoms with Crippen LogP contribution in [0.15, 0.2) is 143 Å². The van der Waals surface area contributed by atoms with Gasteiger partial charge in [-0.05, 0) is 51.6 Å². The molecule has 4 atom stereocenters. The second kappa shape index (κ2) is 9.81. The van der Waals surface area contributed by atoms with Gasteiger partial charge in [-0.2, -0.15) is 0 Å². The number of hydrogen-bond acceptors (Lipinski definition) is 5. The summed E-state index contributed by atoms with van der Waals surface area (Å²) in [5.74, 6) is 1.08. The number of para-hydroxylation sites is 2. The Labute approximate surface area is 273 Å². The van der Waals surface area contributed by atoms with Crippen LogP contribution in [0.2, 0.25) is 0 Å². The van der Waals surface area contributed by atoms with Gasteiger partial charge in [-0.25, -0.2) is 4.99 Å². The van der Waals surface area contributed by atoms with E-state index in [0.717, 1.165) is 39.0 Å². The summed E-state index contributed by atoms with van der Waals surface area (Å²) in [5, 5.41) is 9.94. The summed E-state index contributed by atoms with van der Waals surface area (Å²) in [5.41, 5.74) is 11.9. The van der Waals surface area contributed by atoms with Crippen LogP contribution in [-0.2, 0) is 5.41 Å². The van der Waals surface area contributed by atoms with Crippen LogP contribution >= 0.6 is 0 Å². The molecule has 0 spiro atoms. The lowest BCUT2D eigenvalue weighted by Crippen LogP contribution is -2.54. The van der Waals surface area contributed by atoms with E-state index in [1.54, 1.807) is 0 Å². The highest BCUT2D eigenvalue weighted by Gasteiger charge is 2.44. The monoisotopic (exact) mass is 610 g/mol. The van der Waals surface area contributed by atoms with E-state index in [1.165, 1.54) is 33.5 Å². The third kappa shape index (κ3) is 3.84. The van der Waals surface area contributed by atoms with E-state index in [0.29, 0.717) is 0 Å². The van der Waals surface area contributed by atoms with Gasteiger partial charge in [0.2, 0.25) is 5.96 Å². The predicted molar refractivity (Wildman–Crippen MR) is 191 cm³/mol. The molecule has 0 fully saturated rings. The van der Waals surface area contributed by atoms with Gasteiger partial charge in [-0.1, -0.05) is 129 Å². The van der Waals surface area contributed by atoms with Gasteiger partial charge in [0.25, 0.3) is 0 Å². The molecule has 0 bridgehead atoms. The predicted octanol–water partition coefficient (Wildman–Crippen LogP) is 9.24. The summed E-state index contributed by atoms with van der Waals surface area (Å²) < 4.78 is 6.53. The molecule has 2 aliphatic heterocycles. The first-order valence-corrected chi connectivity index (χ1v) is 16.5. The fourth-order valence-electron chi connectivity index (χ4n) is 8.40. The van der Waals surface area contributed by atoms with Crippen molar-refractivity contribution in [3.05, 3.63) is 161 Å². The van der Waals surface area contributed by atoms with Crippen molar-refractivity contribution < 1.29 is 4.42 Å². The molecule has 2 N–H and O–H groups in total. The molecular formula is C42H34N4O. The summed E-state index contributed by atoms with van der Waals surface area (Å²) in [4.78, 5) is 7.87. The molecule has 5 heteroatoms. The van der Waals surface area contributed by atoms with Crippen molar-refractivity contribution in [2.75, 3.05) is 4.90 Å². The molecule has 1 aromatic heterocycles. The number of allylic oxidation sites excluding steroid dienone is 2. The molecule has 2 aliphatic carbocycles. The Kier molecular flexibility index (Phi) is 5.59. The molecule has 0 radical (unpaired) electrons. The molecule has 47 heavy (non-hydrogen) atoms. The molecule has 228 valence electrons. The minimum atomic E-state index is -0.252. The van der Waals surface area contributed by atoms with Crippen LogP contribution in [0, 0.1) is 0 Å². The van der Waals surface area contributed by atoms with Gasteiger partial charge in [0.1, 0.15) is 23.5 Å². The highest BCUT2D eigenvalue weighted by molar-refractivity contribution is 6.06. The number of furan rings is 1. The van der Waals surface area contributed by atoms with Crippen molar-refractivity contribution in [2.24, 2.45) is 4.99 Å².